The molecule has 0 aliphatic heterocycles. The molecule has 1 atom stereocenters. The lowest BCUT2D eigenvalue weighted by Crippen LogP contribution is -2.58. The first-order valence-corrected chi connectivity index (χ1v) is 5.64. The SMILES string of the molecule is CC1(C)CCCC1(CN)NCCCO. The second kappa shape index (κ2) is 4.60. The summed E-state index contributed by atoms with van der Waals surface area (Å²) < 4.78 is 0. The maximum Gasteiger partial charge on any atom is 0.0443 e. The first-order valence-electron chi connectivity index (χ1n) is 5.64. The highest BCUT2D eigenvalue weighted by Gasteiger charge is 2.47. The van der Waals surface area contributed by atoms with E-state index in [2.05, 4.69) is 19.2 Å². The maximum atomic E-state index is 8.76. The van der Waals surface area contributed by atoms with Crippen LogP contribution >= 0.6 is 0 Å². The van der Waals surface area contributed by atoms with Gasteiger partial charge in [-0.3, -0.25) is 0 Å². The van der Waals surface area contributed by atoms with E-state index in [4.69, 9.17) is 10.8 Å². The third-order valence-electron chi connectivity index (χ3n) is 3.85. The van der Waals surface area contributed by atoms with Gasteiger partial charge >= 0.3 is 0 Å². The van der Waals surface area contributed by atoms with Crippen molar-refractivity contribution in [1.82, 2.24) is 5.32 Å². The molecule has 84 valence electrons. The minimum Gasteiger partial charge on any atom is -0.396 e. The lowest BCUT2D eigenvalue weighted by molar-refractivity contribution is 0.159. The molecule has 1 saturated carbocycles. The normalized spacial score (nSPS) is 30.9. The minimum atomic E-state index is 0.0994. The van der Waals surface area contributed by atoms with Crippen molar-refractivity contribution in [3.05, 3.63) is 0 Å². The third-order valence-corrected chi connectivity index (χ3v) is 3.85. The largest absolute Gasteiger partial charge is 0.396 e. The summed E-state index contributed by atoms with van der Waals surface area (Å²) in [4.78, 5) is 0. The van der Waals surface area contributed by atoms with E-state index in [1.165, 1.54) is 19.3 Å². The van der Waals surface area contributed by atoms with Crippen molar-refractivity contribution in [3.63, 3.8) is 0 Å². The molecule has 3 heteroatoms. The molecule has 0 radical (unpaired) electrons. The standard InChI is InChI=1S/C11H24N2O/c1-10(2)5-3-6-11(10,9-12)13-7-4-8-14/h13-14H,3-9,12H2,1-2H3. The van der Waals surface area contributed by atoms with Crippen LogP contribution in [0.5, 0.6) is 0 Å². The average molecular weight is 200 g/mol. The molecule has 0 saturated heterocycles. The molecule has 14 heavy (non-hydrogen) atoms. The van der Waals surface area contributed by atoms with Crippen molar-refractivity contribution in [1.29, 1.82) is 0 Å². The monoisotopic (exact) mass is 200 g/mol. The van der Waals surface area contributed by atoms with Crippen LogP contribution < -0.4 is 11.1 Å². The van der Waals surface area contributed by atoms with Gasteiger partial charge in [0.25, 0.3) is 0 Å². The lowest BCUT2D eigenvalue weighted by Gasteiger charge is -2.42. The molecule has 1 aliphatic rings. The van der Waals surface area contributed by atoms with E-state index >= 15 is 0 Å². The van der Waals surface area contributed by atoms with Gasteiger partial charge in [-0.1, -0.05) is 20.3 Å². The van der Waals surface area contributed by atoms with E-state index in [0.717, 1.165) is 13.0 Å². The summed E-state index contributed by atoms with van der Waals surface area (Å²) >= 11 is 0. The van der Waals surface area contributed by atoms with Crippen molar-refractivity contribution >= 4 is 0 Å². The Hall–Kier alpha value is -0.120. The number of hydrogen-bond donors (Lipinski definition) is 3. The Kier molecular flexibility index (Phi) is 3.93. The second-order valence-corrected chi connectivity index (χ2v) is 5.03. The molecule has 0 aromatic rings. The number of aliphatic hydroxyl groups excluding tert-OH is 1. The Bertz CT molecular complexity index is 182. The van der Waals surface area contributed by atoms with Gasteiger partial charge in [-0.2, -0.15) is 0 Å². The summed E-state index contributed by atoms with van der Waals surface area (Å²) in [6.07, 6.45) is 4.49. The van der Waals surface area contributed by atoms with Crippen molar-refractivity contribution in [2.45, 2.75) is 45.1 Å². The first-order chi connectivity index (χ1) is 6.58. The summed E-state index contributed by atoms with van der Waals surface area (Å²) in [5, 5.41) is 12.3. The van der Waals surface area contributed by atoms with Gasteiger partial charge in [0.1, 0.15) is 0 Å². The summed E-state index contributed by atoms with van der Waals surface area (Å²) in [6.45, 7) is 6.41. The number of hydrogen-bond acceptors (Lipinski definition) is 3. The molecule has 0 aromatic carbocycles. The van der Waals surface area contributed by atoms with Crippen molar-refractivity contribution < 1.29 is 5.11 Å². The Balaban J connectivity index is 2.56. The zero-order chi connectivity index (χ0) is 10.7. The molecule has 0 aromatic heterocycles. The number of nitrogens with two attached hydrogens (primary N) is 1. The van der Waals surface area contributed by atoms with E-state index in [-0.39, 0.29) is 17.6 Å². The van der Waals surface area contributed by atoms with E-state index < -0.39 is 0 Å². The summed E-state index contributed by atoms with van der Waals surface area (Å²) in [6, 6.07) is 0. The van der Waals surface area contributed by atoms with E-state index in [1.54, 1.807) is 0 Å². The van der Waals surface area contributed by atoms with Gasteiger partial charge in [0, 0.05) is 18.7 Å². The quantitative estimate of drug-likeness (QED) is 0.577. The topological polar surface area (TPSA) is 58.3 Å². The molecular weight excluding hydrogens is 176 g/mol. The molecule has 1 unspecified atom stereocenters. The molecule has 4 N–H and O–H groups in total. The van der Waals surface area contributed by atoms with Crippen LogP contribution in [0.15, 0.2) is 0 Å². The fourth-order valence-electron chi connectivity index (χ4n) is 2.59. The second-order valence-electron chi connectivity index (χ2n) is 5.03. The third kappa shape index (κ3) is 2.10. The van der Waals surface area contributed by atoms with Gasteiger partial charge in [0.05, 0.1) is 0 Å². The first kappa shape index (κ1) is 12.0. The molecule has 1 rings (SSSR count). The van der Waals surface area contributed by atoms with Crippen LogP contribution in [0.25, 0.3) is 0 Å². The average Bonchev–Trinajstić information content (AvgIpc) is 2.43. The lowest BCUT2D eigenvalue weighted by atomic mass is 9.75. The van der Waals surface area contributed by atoms with Gasteiger partial charge in [0.15, 0.2) is 0 Å². The number of rotatable bonds is 5. The van der Waals surface area contributed by atoms with Gasteiger partial charge in [-0.05, 0) is 31.2 Å². The van der Waals surface area contributed by atoms with Crippen LogP contribution in [0.1, 0.15) is 39.5 Å². The Labute approximate surface area is 87.1 Å². The van der Waals surface area contributed by atoms with Gasteiger partial charge in [-0.15, -0.1) is 0 Å². The zero-order valence-electron chi connectivity index (χ0n) is 9.47. The van der Waals surface area contributed by atoms with Gasteiger partial charge in [0.2, 0.25) is 0 Å². The predicted octanol–water partition coefficient (Wildman–Crippen LogP) is 0.866. The van der Waals surface area contributed by atoms with E-state index in [1.807, 2.05) is 0 Å². The highest BCUT2D eigenvalue weighted by molar-refractivity contribution is 5.05. The fraction of sp³-hybridized carbons (Fsp3) is 1.00. The minimum absolute atomic E-state index is 0.0994. The highest BCUT2D eigenvalue weighted by Crippen LogP contribution is 2.45. The molecule has 1 fully saturated rings. The van der Waals surface area contributed by atoms with Crippen LogP contribution in [0.2, 0.25) is 0 Å². The molecular formula is C11H24N2O. The van der Waals surface area contributed by atoms with Crippen LogP contribution in [0, 0.1) is 5.41 Å². The molecule has 3 nitrogen and oxygen atoms in total. The van der Waals surface area contributed by atoms with Crippen molar-refractivity contribution in [3.8, 4) is 0 Å². The van der Waals surface area contributed by atoms with Crippen LogP contribution in [-0.2, 0) is 0 Å². The molecule has 0 heterocycles. The van der Waals surface area contributed by atoms with Crippen molar-refractivity contribution in [2.75, 3.05) is 19.7 Å². The summed E-state index contributed by atoms with van der Waals surface area (Å²) in [7, 11) is 0. The Morgan fingerprint density at radius 1 is 1.36 bits per heavy atom. The van der Waals surface area contributed by atoms with Crippen LogP contribution in [-0.4, -0.2) is 30.3 Å². The smallest absolute Gasteiger partial charge is 0.0443 e. The van der Waals surface area contributed by atoms with Gasteiger partial charge < -0.3 is 16.2 Å². The van der Waals surface area contributed by atoms with E-state index in [9.17, 15) is 0 Å². The Morgan fingerprint density at radius 2 is 2.07 bits per heavy atom. The zero-order valence-corrected chi connectivity index (χ0v) is 9.47. The fourth-order valence-corrected chi connectivity index (χ4v) is 2.59. The summed E-state index contributed by atoms with van der Waals surface area (Å²) in [5.74, 6) is 0. The predicted molar refractivity (Wildman–Crippen MR) is 59.1 cm³/mol. The highest BCUT2D eigenvalue weighted by atomic mass is 16.3. The molecule has 0 bridgehead atoms. The molecule has 0 amide bonds. The number of nitrogens with one attached hydrogen (secondary N) is 1. The van der Waals surface area contributed by atoms with Crippen LogP contribution in [0.4, 0.5) is 0 Å². The van der Waals surface area contributed by atoms with Gasteiger partial charge in [-0.25, -0.2) is 0 Å². The van der Waals surface area contributed by atoms with Crippen LogP contribution in [0.3, 0.4) is 0 Å². The maximum absolute atomic E-state index is 8.76. The molecule has 1 aliphatic carbocycles. The Morgan fingerprint density at radius 3 is 2.50 bits per heavy atom. The molecule has 0 spiro atoms. The summed E-state index contributed by atoms with van der Waals surface area (Å²) in [5.41, 5.74) is 6.29. The van der Waals surface area contributed by atoms with E-state index in [0.29, 0.717) is 6.54 Å². The van der Waals surface area contributed by atoms with Crippen molar-refractivity contribution in [2.24, 2.45) is 11.1 Å². The number of aliphatic hydroxyl groups is 1.